The van der Waals surface area contributed by atoms with E-state index in [0.717, 1.165) is 179 Å². The normalized spacial score (nSPS) is 11.4. The fraction of sp³-hybridized carbons (Fsp3) is 0.0682. The lowest BCUT2D eigenvalue weighted by atomic mass is 10.1. The van der Waals surface area contributed by atoms with E-state index in [1.165, 1.54) is 54.0 Å². The summed E-state index contributed by atoms with van der Waals surface area (Å²) in [6, 6.07) is 53.9. The number of aromatic amines is 5. The first-order valence-electron chi connectivity index (χ1n) is 39.9. The smallest absolute Gasteiger partial charge is 0.216 e. The maximum absolute atomic E-state index is 13.8. The average Bonchev–Trinajstić information content (AvgIpc) is 1.63. The van der Waals surface area contributed by atoms with Crippen LogP contribution in [0, 0.1) is 46.3 Å². The highest BCUT2D eigenvalue weighted by Gasteiger charge is 2.30. The van der Waals surface area contributed by atoms with Crippen molar-refractivity contribution in [3.8, 4) is 158 Å². The molecule has 0 amide bonds. The summed E-state index contributed by atoms with van der Waals surface area (Å²) in [7, 11) is 0. The highest BCUT2D eigenvalue weighted by molar-refractivity contribution is 7.22. The van der Waals surface area contributed by atoms with Gasteiger partial charge in [0.2, 0.25) is 10.9 Å². The first kappa shape index (κ1) is 82.3. The average molecular weight is 1880 g/mol. The number of hydrogen-bond donors (Lipinski definition) is 5. The molecule has 0 aliphatic carbocycles. The number of thiazole rings is 8. The Hall–Kier alpha value is -15.6. The minimum atomic E-state index is -0.923. The van der Waals surface area contributed by atoms with Gasteiger partial charge in [0.25, 0.3) is 0 Å². The van der Waals surface area contributed by atoms with Gasteiger partial charge in [-0.1, -0.05) is 139 Å². The summed E-state index contributed by atoms with van der Waals surface area (Å²) in [5, 5.41) is 71.0. The highest BCUT2D eigenvalue weighted by Crippen LogP contribution is 2.48. The number of nitrogens with one attached hydrogen (secondary N) is 5. The van der Waals surface area contributed by atoms with Gasteiger partial charge in [0, 0.05) is 69.4 Å². The van der Waals surface area contributed by atoms with Gasteiger partial charge in [0.05, 0.1) is 82.6 Å². The van der Waals surface area contributed by atoms with Crippen molar-refractivity contribution in [2.45, 2.75) is 41.2 Å². The Balaban J connectivity index is 0.0000000989. The number of aryl methyl sites for hydroxylation is 5. The Kier molecular flexibility index (Phi) is 22.6. The van der Waals surface area contributed by atoms with E-state index in [9.17, 15) is 8.78 Å². The first-order valence-corrected chi connectivity index (χ1v) is 46.6. The number of nitrogens with zero attached hydrogens (tertiary/aromatic N) is 27. The Morgan fingerprint density at radius 3 is 1.32 bits per heavy atom. The van der Waals surface area contributed by atoms with Crippen molar-refractivity contribution in [2.24, 2.45) is 0 Å². The standard InChI is InChI=1S/C19H14N6S.C18H13N7S.C18H14N6OS2.C17H10F2N6S2.C16H11N7S2/c1-12-16(25-10-6-5-9-14(25)22-12)19-23-15(13-7-3-2-4-8-13)17(26-19)18-20-11-21-24-18;1-11-15(25-13(22-11)8-5-9-21-25)18-23-14(12-6-3-2-4-7-12)16(26-18)17-19-10-20-24-17;1-11-13(17-24(23-11)7-8-26-17)16-21-14(15-19-10-20-22-15)18(27-16)25-9-12-5-3-2-4-6-12;1-8-12(17-25(24-8)4-5-26-17)16-22-13(9-2-3-10(18)11(19)6-9)14(27-16)15-20-7-21-23-15;1-9-11(16-23(20-9)7-8-24-16)15-17-12(10-5-3-2-4-6-10)13(25-15)14-18-21-22-19-14/h2-11H,1H3,(H,20,21,24);2-10H,1H3,(H,19,20,24);2-8,10H,9H2,1H3,(H,19,20,22);2-7H,1H3,(H,20,21,23);2-8H,1H3,(H,18,19,21,22). The second-order valence-electron chi connectivity index (χ2n) is 28.7. The summed E-state index contributed by atoms with van der Waals surface area (Å²) in [6.07, 6.45) is 15.5. The minimum Gasteiger partial charge on any atom is -0.477 e. The fourth-order valence-corrected chi connectivity index (χ4v) is 22.8. The van der Waals surface area contributed by atoms with Crippen molar-refractivity contribution in [3.05, 3.63) is 288 Å². The first-order chi connectivity index (χ1) is 64.3. The van der Waals surface area contributed by atoms with E-state index in [-0.39, 0.29) is 0 Å². The number of pyridine rings is 1. The molecule has 0 bridgehead atoms. The number of fused-ring (bicyclic) bond motifs is 5. The van der Waals surface area contributed by atoms with Gasteiger partial charge in [-0.3, -0.25) is 24.8 Å². The van der Waals surface area contributed by atoms with E-state index >= 15 is 0 Å². The van der Waals surface area contributed by atoms with Gasteiger partial charge >= 0.3 is 0 Å². The zero-order valence-electron chi connectivity index (χ0n) is 68.8. The molecule has 642 valence electrons. The van der Waals surface area contributed by atoms with E-state index in [4.69, 9.17) is 29.7 Å². The number of aromatic nitrogens is 32. The molecule has 33 nitrogen and oxygen atoms in total. The lowest BCUT2D eigenvalue weighted by Gasteiger charge is -2.04. The Labute approximate surface area is 769 Å². The molecule has 0 spiro atoms. The van der Waals surface area contributed by atoms with Crippen LogP contribution in [0.1, 0.15) is 34.0 Å². The molecule has 5 aromatic carbocycles. The molecule has 5 N–H and O–H groups in total. The summed E-state index contributed by atoms with van der Waals surface area (Å²) >= 11 is 12.5. The van der Waals surface area contributed by atoms with Gasteiger partial charge in [-0.25, -0.2) is 81.7 Å². The number of H-pyrrole nitrogens is 5. The maximum atomic E-state index is 13.8. The van der Waals surface area contributed by atoms with Crippen molar-refractivity contribution in [2.75, 3.05) is 0 Å². The molecule has 0 radical (unpaired) electrons. The molecule has 25 aromatic rings. The van der Waals surface area contributed by atoms with Crippen LogP contribution in [0.25, 0.3) is 178 Å². The third-order valence-electron chi connectivity index (χ3n) is 20.3. The molecule has 20 heterocycles. The summed E-state index contributed by atoms with van der Waals surface area (Å²) in [5.74, 6) is 1.26. The van der Waals surface area contributed by atoms with Crippen LogP contribution in [0.4, 0.5) is 8.78 Å². The quantitative estimate of drug-likeness (QED) is 0.0565. The lowest BCUT2D eigenvalue weighted by molar-refractivity contribution is 0.316. The number of halogens is 2. The van der Waals surface area contributed by atoms with Crippen molar-refractivity contribution < 1.29 is 13.5 Å². The summed E-state index contributed by atoms with van der Waals surface area (Å²) in [4.78, 5) is 57.3. The molecule has 0 unspecified atom stereocenters. The Bertz CT molecular complexity index is 8030. The van der Waals surface area contributed by atoms with Crippen LogP contribution in [0.2, 0.25) is 0 Å². The number of hydrogen-bond acceptors (Lipinski definition) is 31. The van der Waals surface area contributed by atoms with E-state index in [1.54, 1.807) is 74.2 Å². The third-order valence-corrected chi connectivity index (χ3v) is 28.2. The van der Waals surface area contributed by atoms with E-state index in [2.05, 4.69) is 128 Å². The largest absolute Gasteiger partial charge is 0.477 e. The summed E-state index contributed by atoms with van der Waals surface area (Å²) < 4.78 is 42.8. The molecule has 0 aliphatic heterocycles. The molecule has 0 aliphatic rings. The van der Waals surface area contributed by atoms with Gasteiger partial charge in [0.1, 0.15) is 93.4 Å². The highest BCUT2D eigenvalue weighted by atomic mass is 32.1. The molecule has 0 saturated carbocycles. The summed E-state index contributed by atoms with van der Waals surface area (Å²) in [5.41, 5.74) is 19.7. The molecular formula is C88H62F2N32OS8. The molecule has 0 atom stereocenters. The van der Waals surface area contributed by atoms with E-state index < -0.39 is 11.6 Å². The molecule has 0 saturated heterocycles. The Morgan fingerprint density at radius 2 is 0.817 bits per heavy atom. The van der Waals surface area contributed by atoms with Gasteiger partial charge in [-0.05, 0) is 87.9 Å². The zero-order chi connectivity index (χ0) is 88.6. The van der Waals surface area contributed by atoms with Crippen molar-refractivity contribution in [1.82, 2.24) is 159 Å². The topological polar surface area (TPSA) is 394 Å². The molecule has 43 heteroatoms. The number of ether oxygens (including phenoxy) is 1. The molecular weight excluding hydrogens is 1820 g/mol. The van der Waals surface area contributed by atoms with Crippen LogP contribution in [-0.4, -0.2) is 159 Å². The van der Waals surface area contributed by atoms with Crippen molar-refractivity contribution in [3.63, 3.8) is 0 Å². The number of tetrazole rings is 1. The molecule has 131 heavy (non-hydrogen) atoms. The minimum absolute atomic E-state index is 0.463. The van der Waals surface area contributed by atoms with Crippen LogP contribution >= 0.6 is 90.7 Å². The molecule has 25 rings (SSSR count). The molecule has 20 aromatic heterocycles. The monoisotopic (exact) mass is 1880 g/mol. The maximum Gasteiger partial charge on any atom is 0.216 e. The number of imidazole rings is 2. The Morgan fingerprint density at radius 1 is 0.382 bits per heavy atom. The van der Waals surface area contributed by atoms with Gasteiger partial charge in [-0.15, -0.1) is 89.6 Å². The predicted molar refractivity (Wildman–Crippen MR) is 504 cm³/mol. The van der Waals surface area contributed by atoms with Crippen LogP contribution in [0.3, 0.4) is 0 Å². The number of benzene rings is 5. The van der Waals surface area contributed by atoms with Gasteiger partial charge < -0.3 is 4.74 Å². The fourth-order valence-electron chi connectivity index (χ4n) is 14.5. The number of rotatable bonds is 17. The summed E-state index contributed by atoms with van der Waals surface area (Å²) in [6.45, 7) is 10.4. The van der Waals surface area contributed by atoms with Gasteiger partial charge in [0.15, 0.2) is 46.3 Å². The van der Waals surface area contributed by atoms with Crippen molar-refractivity contribution >= 4 is 116 Å². The molecule has 0 fully saturated rings. The van der Waals surface area contributed by atoms with Crippen LogP contribution in [0.5, 0.6) is 5.06 Å². The van der Waals surface area contributed by atoms with E-state index in [1.807, 2.05) is 233 Å². The SMILES string of the molecule is Cc1nc2ccccn2c1-c1nc(-c2ccccc2)c(-c2ncn[nH]2)s1.Cc1nc2cccnn2c1-c1nc(-c2ccccc2)c(-c2ncn[nH]2)s1.Cc1nn2ccsc2c1-c1nc(-c2ccc(F)c(F)c2)c(-c2ncn[nH]2)s1.Cc1nn2ccsc2c1-c1nc(-c2ccccc2)c(-c2nn[nH]n2)s1.Cc1nn2ccsc2c1-c1nc(-c2ncn[nH]2)c(OCc2ccccc2)s1. The van der Waals surface area contributed by atoms with Crippen LogP contribution in [0.15, 0.2) is 242 Å². The van der Waals surface area contributed by atoms with Gasteiger partial charge in [-0.2, -0.15) is 46.0 Å². The van der Waals surface area contributed by atoms with E-state index in [0.29, 0.717) is 56.8 Å². The predicted octanol–water partition coefficient (Wildman–Crippen LogP) is 20.3. The lowest BCUT2D eigenvalue weighted by Crippen LogP contribution is -1.95. The second-order valence-corrected chi connectivity index (χ2v) is 36.3. The second kappa shape index (κ2) is 35.9. The van der Waals surface area contributed by atoms with Crippen LogP contribution in [-0.2, 0) is 6.61 Å². The third kappa shape index (κ3) is 16.3. The zero-order valence-corrected chi connectivity index (χ0v) is 75.3. The van der Waals surface area contributed by atoms with Crippen LogP contribution < -0.4 is 4.74 Å². The van der Waals surface area contributed by atoms with Crippen molar-refractivity contribution in [1.29, 1.82) is 0 Å².